The molecule has 112 valence electrons. The summed E-state index contributed by atoms with van der Waals surface area (Å²) in [5.41, 5.74) is 1.82. The first kappa shape index (κ1) is 14.1. The van der Waals surface area contributed by atoms with Crippen LogP contribution in [0.3, 0.4) is 0 Å². The molecule has 1 aliphatic heterocycles. The van der Waals surface area contributed by atoms with Crippen LogP contribution in [0.5, 0.6) is 0 Å². The number of nitrogens with one attached hydrogen (secondary N) is 2. The van der Waals surface area contributed by atoms with Gasteiger partial charge in [0.2, 0.25) is 0 Å². The van der Waals surface area contributed by atoms with Crippen molar-refractivity contribution in [3.8, 4) is 11.3 Å². The Morgan fingerprint density at radius 2 is 1.81 bits per heavy atom. The number of benzene rings is 1. The van der Waals surface area contributed by atoms with Crippen molar-refractivity contribution in [2.75, 3.05) is 37.3 Å². The van der Waals surface area contributed by atoms with Gasteiger partial charge in [0.05, 0.1) is 10.6 Å². The standard InChI is InChI=1S/C14H18N4O2S/c1-21(19,20)12-4-2-11(3-5-12)13-10-14(17-16-13)18-8-6-15-7-9-18/h2-5,10,15H,6-9H2,1H3,(H,16,17). The lowest BCUT2D eigenvalue weighted by atomic mass is 10.1. The zero-order valence-electron chi connectivity index (χ0n) is 11.8. The fourth-order valence-corrected chi connectivity index (χ4v) is 3.03. The van der Waals surface area contributed by atoms with E-state index in [0.29, 0.717) is 4.90 Å². The molecule has 2 aromatic rings. The molecule has 7 heteroatoms. The molecule has 0 spiro atoms. The Bertz CT molecular complexity index is 716. The minimum absolute atomic E-state index is 0.327. The maximum atomic E-state index is 11.5. The van der Waals surface area contributed by atoms with E-state index >= 15 is 0 Å². The summed E-state index contributed by atoms with van der Waals surface area (Å²) in [6.45, 7) is 3.81. The van der Waals surface area contributed by atoms with E-state index in [4.69, 9.17) is 0 Å². The minimum atomic E-state index is -3.15. The molecule has 0 radical (unpaired) electrons. The third-order valence-electron chi connectivity index (χ3n) is 3.60. The summed E-state index contributed by atoms with van der Waals surface area (Å²) in [6, 6.07) is 8.84. The lowest BCUT2D eigenvalue weighted by Crippen LogP contribution is -2.43. The molecule has 1 aromatic heterocycles. The fourth-order valence-electron chi connectivity index (χ4n) is 2.40. The van der Waals surface area contributed by atoms with Gasteiger partial charge in [-0.25, -0.2) is 8.42 Å². The van der Waals surface area contributed by atoms with E-state index in [-0.39, 0.29) is 0 Å². The lowest BCUT2D eigenvalue weighted by molar-refractivity contribution is 0.584. The van der Waals surface area contributed by atoms with E-state index in [2.05, 4.69) is 20.4 Å². The molecule has 1 fully saturated rings. The smallest absolute Gasteiger partial charge is 0.175 e. The van der Waals surface area contributed by atoms with Crippen molar-refractivity contribution >= 4 is 15.7 Å². The Balaban J connectivity index is 1.82. The van der Waals surface area contributed by atoms with Gasteiger partial charge in [-0.1, -0.05) is 12.1 Å². The number of piperazine rings is 1. The van der Waals surface area contributed by atoms with Crippen LogP contribution in [0, 0.1) is 0 Å². The largest absolute Gasteiger partial charge is 0.353 e. The highest BCUT2D eigenvalue weighted by Crippen LogP contribution is 2.23. The number of rotatable bonds is 3. The molecular weight excluding hydrogens is 288 g/mol. The molecule has 1 saturated heterocycles. The average Bonchev–Trinajstić information content (AvgIpc) is 2.97. The van der Waals surface area contributed by atoms with Crippen molar-refractivity contribution in [2.24, 2.45) is 0 Å². The third kappa shape index (κ3) is 3.08. The number of anilines is 1. The van der Waals surface area contributed by atoms with Crippen LogP contribution in [0.4, 0.5) is 5.82 Å². The van der Waals surface area contributed by atoms with Crippen LogP contribution in [0.1, 0.15) is 0 Å². The molecule has 0 amide bonds. The third-order valence-corrected chi connectivity index (χ3v) is 4.73. The van der Waals surface area contributed by atoms with Gasteiger partial charge in [0.1, 0.15) is 0 Å². The Morgan fingerprint density at radius 1 is 1.14 bits per heavy atom. The minimum Gasteiger partial charge on any atom is -0.353 e. The first-order valence-electron chi connectivity index (χ1n) is 6.85. The van der Waals surface area contributed by atoms with Gasteiger partial charge in [-0.3, -0.25) is 5.10 Å². The molecule has 2 N–H and O–H groups in total. The molecule has 0 saturated carbocycles. The van der Waals surface area contributed by atoms with Crippen molar-refractivity contribution in [3.05, 3.63) is 30.3 Å². The van der Waals surface area contributed by atoms with Gasteiger partial charge < -0.3 is 10.2 Å². The molecule has 21 heavy (non-hydrogen) atoms. The monoisotopic (exact) mass is 306 g/mol. The lowest BCUT2D eigenvalue weighted by Gasteiger charge is -2.26. The Kier molecular flexibility index (Phi) is 3.69. The zero-order valence-corrected chi connectivity index (χ0v) is 12.7. The van der Waals surface area contributed by atoms with E-state index in [1.165, 1.54) is 6.26 Å². The maximum Gasteiger partial charge on any atom is 0.175 e. The zero-order chi connectivity index (χ0) is 14.9. The molecule has 0 aliphatic carbocycles. The Morgan fingerprint density at radius 3 is 2.43 bits per heavy atom. The molecule has 0 bridgehead atoms. The van der Waals surface area contributed by atoms with Gasteiger partial charge >= 0.3 is 0 Å². The first-order chi connectivity index (χ1) is 10.0. The van der Waals surface area contributed by atoms with Gasteiger partial charge in [0.15, 0.2) is 15.7 Å². The van der Waals surface area contributed by atoms with Crippen molar-refractivity contribution < 1.29 is 8.42 Å². The van der Waals surface area contributed by atoms with Crippen molar-refractivity contribution in [3.63, 3.8) is 0 Å². The molecule has 1 aliphatic rings. The van der Waals surface area contributed by atoms with Gasteiger partial charge in [-0.05, 0) is 17.7 Å². The number of H-pyrrole nitrogens is 1. The summed E-state index contributed by atoms with van der Waals surface area (Å²) in [6.07, 6.45) is 1.21. The predicted octanol–water partition coefficient (Wildman–Crippen LogP) is 0.890. The van der Waals surface area contributed by atoms with Crippen LogP contribution in [0.2, 0.25) is 0 Å². The summed E-state index contributed by atoms with van der Waals surface area (Å²) < 4.78 is 22.9. The molecular formula is C14H18N4O2S. The highest BCUT2D eigenvalue weighted by Gasteiger charge is 2.14. The molecule has 6 nitrogen and oxygen atoms in total. The Hall–Kier alpha value is -1.86. The van der Waals surface area contributed by atoms with Crippen molar-refractivity contribution in [1.82, 2.24) is 15.5 Å². The Labute approximate surface area is 124 Å². The van der Waals surface area contributed by atoms with Crippen LogP contribution in [0.25, 0.3) is 11.3 Å². The number of nitrogens with zero attached hydrogens (tertiary/aromatic N) is 2. The highest BCUT2D eigenvalue weighted by atomic mass is 32.2. The summed E-state index contributed by atoms with van der Waals surface area (Å²) in [5, 5.41) is 10.7. The van der Waals surface area contributed by atoms with Gasteiger partial charge in [0, 0.05) is 38.5 Å². The molecule has 2 heterocycles. The molecule has 0 unspecified atom stereocenters. The van der Waals surface area contributed by atoms with E-state index < -0.39 is 9.84 Å². The number of hydrogen-bond donors (Lipinski definition) is 2. The van der Waals surface area contributed by atoms with Crippen LogP contribution >= 0.6 is 0 Å². The maximum absolute atomic E-state index is 11.5. The van der Waals surface area contributed by atoms with Crippen LogP contribution < -0.4 is 10.2 Å². The fraction of sp³-hybridized carbons (Fsp3) is 0.357. The number of aromatic nitrogens is 2. The molecule has 0 atom stereocenters. The van der Waals surface area contributed by atoms with Gasteiger partial charge in [-0.15, -0.1) is 0 Å². The van der Waals surface area contributed by atoms with Crippen LogP contribution in [-0.4, -0.2) is 51.0 Å². The van der Waals surface area contributed by atoms with E-state index in [0.717, 1.165) is 43.3 Å². The van der Waals surface area contributed by atoms with Gasteiger partial charge in [0.25, 0.3) is 0 Å². The average molecular weight is 306 g/mol. The highest BCUT2D eigenvalue weighted by molar-refractivity contribution is 7.90. The summed E-state index contributed by atoms with van der Waals surface area (Å²) in [5.74, 6) is 0.929. The van der Waals surface area contributed by atoms with Crippen molar-refractivity contribution in [2.45, 2.75) is 4.90 Å². The number of aromatic amines is 1. The van der Waals surface area contributed by atoms with Crippen molar-refractivity contribution in [1.29, 1.82) is 0 Å². The summed E-state index contributed by atoms with van der Waals surface area (Å²) in [4.78, 5) is 2.55. The van der Waals surface area contributed by atoms with E-state index in [1.807, 2.05) is 6.07 Å². The summed E-state index contributed by atoms with van der Waals surface area (Å²) >= 11 is 0. The van der Waals surface area contributed by atoms with Crippen LogP contribution in [0.15, 0.2) is 35.2 Å². The quantitative estimate of drug-likeness (QED) is 0.880. The topological polar surface area (TPSA) is 78.1 Å². The normalized spacial score (nSPS) is 16.1. The number of sulfone groups is 1. The molecule has 3 rings (SSSR count). The second-order valence-electron chi connectivity index (χ2n) is 5.17. The van der Waals surface area contributed by atoms with Gasteiger partial charge in [-0.2, -0.15) is 5.10 Å². The van der Waals surface area contributed by atoms with Crippen LogP contribution in [-0.2, 0) is 9.84 Å². The predicted molar refractivity (Wildman–Crippen MR) is 82.2 cm³/mol. The first-order valence-corrected chi connectivity index (χ1v) is 8.75. The second kappa shape index (κ2) is 5.50. The summed E-state index contributed by atoms with van der Waals surface area (Å²) in [7, 11) is -3.15. The SMILES string of the molecule is CS(=O)(=O)c1ccc(-c2cc(N3CCNCC3)n[nH]2)cc1. The second-order valence-corrected chi connectivity index (χ2v) is 7.19. The van der Waals surface area contributed by atoms with E-state index in [9.17, 15) is 8.42 Å². The number of hydrogen-bond acceptors (Lipinski definition) is 5. The van der Waals surface area contributed by atoms with E-state index in [1.54, 1.807) is 24.3 Å². The molecule has 1 aromatic carbocycles.